The van der Waals surface area contributed by atoms with Crippen molar-refractivity contribution in [1.29, 1.82) is 0 Å². The fourth-order valence-electron chi connectivity index (χ4n) is 1.49. The topological polar surface area (TPSA) is 83.5 Å². The van der Waals surface area contributed by atoms with Gasteiger partial charge in [0.25, 0.3) is 0 Å². The lowest BCUT2D eigenvalue weighted by Crippen LogP contribution is -2.57. The maximum atomic E-state index is 10.7. The number of carbonyl (C=O) groups is 2. The van der Waals surface area contributed by atoms with Gasteiger partial charge in [-0.05, 0) is 25.9 Å². The summed E-state index contributed by atoms with van der Waals surface area (Å²) in [4.78, 5) is 22.9. The van der Waals surface area contributed by atoms with Crippen molar-refractivity contribution in [2.24, 2.45) is 0 Å². The minimum absolute atomic E-state index is 0.448. The fraction of sp³-hybridized carbons (Fsp3) is 0.818. The van der Waals surface area contributed by atoms with E-state index >= 15 is 0 Å². The molecule has 0 aliphatic rings. The maximum absolute atomic E-state index is 10.7. The van der Waals surface area contributed by atoms with Gasteiger partial charge >= 0.3 is 0 Å². The Bertz CT molecular complexity index is 208. The van der Waals surface area contributed by atoms with Crippen LogP contribution in [0, 0.1) is 0 Å². The molecule has 0 rings (SSSR count). The number of carboxylic acid groups (broad SMARTS) is 2. The molecule has 0 amide bonds. The molecule has 0 atom stereocenters. The molecule has 5 heteroatoms. The standard InChI is InChI=1S/C11H21NO4/c1-3-5-7-12(8-6-4-2)9(10(13)14)11(15)16/h9H,3-8H2,1-2H3,(H,13,14)(H,15,16)/p-2. The number of carboxylic acids is 2. The van der Waals surface area contributed by atoms with E-state index < -0.39 is 18.0 Å². The fourth-order valence-corrected chi connectivity index (χ4v) is 1.49. The van der Waals surface area contributed by atoms with Crippen LogP contribution in [0.5, 0.6) is 0 Å². The predicted octanol–water partition coefficient (Wildman–Crippen LogP) is -1.24. The molecular formula is C11H19NO4-2. The first-order valence-corrected chi connectivity index (χ1v) is 5.70. The molecule has 16 heavy (non-hydrogen) atoms. The second kappa shape index (κ2) is 8.10. The molecule has 0 aromatic rings. The largest absolute Gasteiger partial charge is 0.548 e. The number of unbranched alkanes of at least 4 members (excludes halogenated alkanes) is 2. The van der Waals surface area contributed by atoms with Gasteiger partial charge in [-0.3, -0.25) is 4.90 Å². The van der Waals surface area contributed by atoms with Crippen molar-refractivity contribution >= 4 is 11.9 Å². The molecule has 0 bridgehead atoms. The Morgan fingerprint density at radius 3 is 1.62 bits per heavy atom. The number of hydrogen-bond donors (Lipinski definition) is 0. The van der Waals surface area contributed by atoms with Crippen LogP contribution in [0.25, 0.3) is 0 Å². The Morgan fingerprint density at radius 1 is 1.00 bits per heavy atom. The van der Waals surface area contributed by atoms with Crippen LogP contribution >= 0.6 is 0 Å². The van der Waals surface area contributed by atoms with Crippen LogP contribution in [0.2, 0.25) is 0 Å². The molecule has 0 saturated heterocycles. The maximum Gasteiger partial charge on any atom is 0.0895 e. The first kappa shape index (κ1) is 14.9. The second-order valence-corrected chi connectivity index (χ2v) is 3.78. The summed E-state index contributed by atoms with van der Waals surface area (Å²) in [5.74, 6) is -3.18. The first-order valence-electron chi connectivity index (χ1n) is 5.70. The zero-order valence-corrected chi connectivity index (χ0v) is 9.90. The summed E-state index contributed by atoms with van der Waals surface area (Å²) < 4.78 is 0. The minimum Gasteiger partial charge on any atom is -0.548 e. The monoisotopic (exact) mass is 229 g/mol. The molecule has 0 aromatic heterocycles. The zero-order valence-electron chi connectivity index (χ0n) is 9.90. The molecule has 5 nitrogen and oxygen atoms in total. The van der Waals surface area contributed by atoms with Gasteiger partial charge in [-0.15, -0.1) is 0 Å². The second-order valence-electron chi connectivity index (χ2n) is 3.78. The zero-order chi connectivity index (χ0) is 12.6. The lowest BCUT2D eigenvalue weighted by Gasteiger charge is -2.32. The van der Waals surface area contributed by atoms with Gasteiger partial charge in [-0.25, -0.2) is 0 Å². The van der Waals surface area contributed by atoms with E-state index in [9.17, 15) is 19.8 Å². The number of hydrogen-bond acceptors (Lipinski definition) is 5. The highest BCUT2D eigenvalue weighted by atomic mass is 16.4. The van der Waals surface area contributed by atoms with E-state index in [1.807, 2.05) is 13.8 Å². The average Bonchev–Trinajstić information content (AvgIpc) is 2.20. The van der Waals surface area contributed by atoms with Crippen LogP contribution in [0.1, 0.15) is 39.5 Å². The van der Waals surface area contributed by atoms with Crippen LogP contribution in [0.3, 0.4) is 0 Å². The van der Waals surface area contributed by atoms with Crippen molar-refractivity contribution in [3.63, 3.8) is 0 Å². The third-order valence-corrected chi connectivity index (χ3v) is 2.41. The van der Waals surface area contributed by atoms with Gasteiger partial charge < -0.3 is 19.8 Å². The highest BCUT2D eigenvalue weighted by molar-refractivity contribution is 5.95. The van der Waals surface area contributed by atoms with E-state index in [2.05, 4.69) is 0 Å². The molecule has 0 fully saturated rings. The molecule has 0 unspecified atom stereocenters. The Balaban J connectivity index is 4.53. The van der Waals surface area contributed by atoms with E-state index in [4.69, 9.17) is 0 Å². The predicted molar refractivity (Wildman–Crippen MR) is 55.2 cm³/mol. The highest BCUT2D eigenvalue weighted by Crippen LogP contribution is 2.04. The molecule has 0 saturated carbocycles. The van der Waals surface area contributed by atoms with Gasteiger partial charge in [-0.2, -0.15) is 0 Å². The van der Waals surface area contributed by atoms with Gasteiger partial charge in [-0.1, -0.05) is 26.7 Å². The SMILES string of the molecule is CCCCN(CCCC)C(C(=O)[O-])C(=O)[O-]. The van der Waals surface area contributed by atoms with E-state index in [1.165, 1.54) is 4.90 Å². The Kier molecular flexibility index (Phi) is 7.54. The normalized spacial score (nSPS) is 11.0. The van der Waals surface area contributed by atoms with E-state index in [-0.39, 0.29) is 0 Å². The Labute approximate surface area is 96.1 Å². The van der Waals surface area contributed by atoms with Crippen LogP contribution in [0.15, 0.2) is 0 Å². The minimum atomic E-state index is -1.63. The molecule has 0 aliphatic carbocycles. The summed E-state index contributed by atoms with van der Waals surface area (Å²) in [6.07, 6.45) is 3.30. The van der Waals surface area contributed by atoms with E-state index in [0.29, 0.717) is 13.1 Å². The van der Waals surface area contributed by atoms with Crippen molar-refractivity contribution in [1.82, 2.24) is 4.90 Å². The van der Waals surface area contributed by atoms with Crippen LogP contribution in [-0.4, -0.2) is 36.0 Å². The van der Waals surface area contributed by atoms with E-state index in [0.717, 1.165) is 25.7 Å². The highest BCUT2D eigenvalue weighted by Gasteiger charge is 2.19. The molecule has 0 aromatic carbocycles. The average molecular weight is 229 g/mol. The van der Waals surface area contributed by atoms with Crippen molar-refractivity contribution in [3.05, 3.63) is 0 Å². The third kappa shape index (κ3) is 5.11. The number of nitrogens with zero attached hydrogens (tertiary/aromatic N) is 1. The summed E-state index contributed by atoms with van der Waals surface area (Å²) in [6.45, 7) is 4.82. The smallest absolute Gasteiger partial charge is 0.0895 e. The molecule has 94 valence electrons. The van der Waals surface area contributed by atoms with Crippen molar-refractivity contribution in [2.45, 2.75) is 45.6 Å². The number of rotatable bonds is 9. The van der Waals surface area contributed by atoms with E-state index in [1.54, 1.807) is 0 Å². The summed E-state index contributed by atoms with van der Waals surface area (Å²) in [6, 6.07) is -1.63. The van der Waals surface area contributed by atoms with Gasteiger partial charge in [0.05, 0.1) is 18.0 Å². The quantitative estimate of drug-likeness (QED) is 0.462. The molecule has 0 heterocycles. The Morgan fingerprint density at radius 2 is 1.38 bits per heavy atom. The van der Waals surface area contributed by atoms with Crippen molar-refractivity contribution in [2.75, 3.05) is 13.1 Å². The summed E-state index contributed by atoms with van der Waals surface area (Å²) in [7, 11) is 0. The molecule has 0 spiro atoms. The number of aliphatic carboxylic acids is 2. The summed E-state index contributed by atoms with van der Waals surface area (Å²) in [5.41, 5.74) is 0. The molecule has 0 radical (unpaired) electrons. The van der Waals surface area contributed by atoms with Gasteiger partial charge in [0.15, 0.2) is 0 Å². The van der Waals surface area contributed by atoms with Crippen molar-refractivity contribution in [3.8, 4) is 0 Å². The van der Waals surface area contributed by atoms with Crippen molar-refractivity contribution < 1.29 is 19.8 Å². The van der Waals surface area contributed by atoms with Gasteiger partial charge in [0.1, 0.15) is 0 Å². The van der Waals surface area contributed by atoms with Crippen LogP contribution in [0.4, 0.5) is 0 Å². The molecule has 0 aliphatic heterocycles. The first-order chi connectivity index (χ1) is 7.54. The van der Waals surface area contributed by atoms with Gasteiger partial charge in [0, 0.05) is 0 Å². The molecule has 0 N–H and O–H groups in total. The molecular weight excluding hydrogens is 210 g/mol. The lowest BCUT2D eigenvalue weighted by molar-refractivity contribution is -0.331. The lowest BCUT2D eigenvalue weighted by atomic mass is 10.2. The summed E-state index contributed by atoms with van der Waals surface area (Å²) in [5, 5.41) is 21.5. The van der Waals surface area contributed by atoms with Gasteiger partial charge in [0.2, 0.25) is 0 Å². The third-order valence-electron chi connectivity index (χ3n) is 2.41. The van der Waals surface area contributed by atoms with Crippen LogP contribution in [-0.2, 0) is 9.59 Å². The Hall–Kier alpha value is -1.10. The van der Waals surface area contributed by atoms with Crippen LogP contribution < -0.4 is 10.2 Å². The number of carbonyl (C=O) groups excluding carboxylic acids is 2. The summed E-state index contributed by atoms with van der Waals surface area (Å²) >= 11 is 0.